The molecule has 0 aliphatic carbocycles. The van der Waals surface area contributed by atoms with Gasteiger partial charge in [0.05, 0.1) is 12.2 Å². The van der Waals surface area contributed by atoms with Crippen molar-refractivity contribution in [3.8, 4) is 17.2 Å². The molecule has 0 atom stereocenters. The molecular weight excluding hydrogens is 278 g/mol. The van der Waals surface area contributed by atoms with E-state index in [0.717, 1.165) is 21.2 Å². The summed E-state index contributed by atoms with van der Waals surface area (Å²) >= 11 is 3.37. The smallest absolute Gasteiger partial charge is 0.101 e. The first-order valence-corrected chi connectivity index (χ1v) is 5.94. The summed E-state index contributed by atoms with van der Waals surface area (Å²) in [6, 6.07) is 15.4. The van der Waals surface area contributed by atoms with Crippen molar-refractivity contribution in [3.05, 3.63) is 58.1 Å². The van der Waals surface area contributed by atoms with Gasteiger partial charge in [0.2, 0.25) is 0 Å². The molecule has 3 heteroatoms. The highest BCUT2D eigenvalue weighted by molar-refractivity contribution is 9.10. The zero-order valence-electron chi connectivity index (χ0n) is 9.02. The molecule has 0 amide bonds. The van der Waals surface area contributed by atoms with Gasteiger partial charge in [-0.3, -0.25) is 0 Å². The maximum Gasteiger partial charge on any atom is 0.101 e. The lowest BCUT2D eigenvalue weighted by Crippen LogP contribution is -1.87. The summed E-state index contributed by atoms with van der Waals surface area (Å²) in [5, 5.41) is 18.1. The zero-order chi connectivity index (χ0) is 12.3. The van der Waals surface area contributed by atoms with Crippen molar-refractivity contribution in [2.75, 3.05) is 0 Å². The Labute approximate surface area is 108 Å². The highest BCUT2D eigenvalue weighted by atomic mass is 79.9. The fraction of sp³-hybridized carbons (Fsp3) is 0.0714. The number of nitrogens with zero attached hydrogens (tertiary/aromatic N) is 1. The molecule has 2 nitrogen and oxygen atoms in total. The molecule has 0 radical (unpaired) electrons. The molecule has 0 bridgehead atoms. The van der Waals surface area contributed by atoms with E-state index in [0.29, 0.717) is 5.56 Å². The van der Waals surface area contributed by atoms with Gasteiger partial charge in [-0.05, 0) is 33.1 Å². The molecule has 0 unspecified atom stereocenters. The Morgan fingerprint density at radius 1 is 1.12 bits per heavy atom. The molecule has 0 saturated heterocycles. The number of hydrogen-bond acceptors (Lipinski definition) is 2. The van der Waals surface area contributed by atoms with Gasteiger partial charge in [-0.15, -0.1) is 0 Å². The zero-order valence-corrected chi connectivity index (χ0v) is 10.6. The molecule has 0 heterocycles. The number of halogens is 1. The Morgan fingerprint density at radius 2 is 1.82 bits per heavy atom. The Bertz CT molecular complexity index is 570. The van der Waals surface area contributed by atoms with E-state index in [1.807, 2.05) is 42.5 Å². The van der Waals surface area contributed by atoms with Crippen LogP contribution in [0.4, 0.5) is 0 Å². The Hall–Kier alpha value is -1.63. The predicted octanol–water partition coefficient (Wildman–Crippen LogP) is 3.48. The van der Waals surface area contributed by atoms with Crippen molar-refractivity contribution >= 4 is 15.9 Å². The molecule has 1 N–H and O–H groups in total. The lowest BCUT2D eigenvalue weighted by Gasteiger charge is -2.06. The molecular formula is C14H10BrNO. The van der Waals surface area contributed by atoms with Crippen LogP contribution in [0.1, 0.15) is 11.1 Å². The standard InChI is InChI=1S/C14H10BrNO/c15-14-3-1-2-12(13(14)8-16)11-6-4-10(9-17)5-7-11/h1-7,17H,9H2. The van der Waals surface area contributed by atoms with Crippen LogP contribution in [-0.2, 0) is 6.61 Å². The summed E-state index contributed by atoms with van der Waals surface area (Å²) in [4.78, 5) is 0. The van der Waals surface area contributed by atoms with E-state index in [2.05, 4.69) is 22.0 Å². The molecule has 2 aromatic carbocycles. The van der Waals surface area contributed by atoms with Crippen molar-refractivity contribution < 1.29 is 5.11 Å². The topological polar surface area (TPSA) is 44.0 Å². The van der Waals surface area contributed by atoms with E-state index in [4.69, 9.17) is 10.4 Å². The van der Waals surface area contributed by atoms with Crippen LogP contribution >= 0.6 is 15.9 Å². The van der Waals surface area contributed by atoms with Gasteiger partial charge >= 0.3 is 0 Å². The van der Waals surface area contributed by atoms with Crippen molar-refractivity contribution in [2.24, 2.45) is 0 Å². The predicted molar refractivity (Wildman–Crippen MR) is 70.2 cm³/mol. The Morgan fingerprint density at radius 3 is 2.41 bits per heavy atom. The number of aliphatic hydroxyl groups excluding tert-OH is 1. The van der Waals surface area contributed by atoms with E-state index >= 15 is 0 Å². The number of hydrogen-bond donors (Lipinski definition) is 1. The fourth-order valence-electron chi connectivity index (χ4n) is 1.67. The quantitative estimate of drug-likeness (QED) is 0.919. The highest BCUT2D eigenvalue weighted by Gasteiger charge is 2.07. The van der Waals surface area contributed by atoms with E-state index in [1.165, 1.54) is 0 Å². The van der Waals surface area contributed by atoms with Gasteiger partial charge in [0.15, 0.2) is 0 Å². The van der Waals surface area contributed by atoms with Crippen molar-refractivity contribution in [3.63, 3.8) is 0 Å². The van der Waals surface area contributed by atoms with Gasteiger partial charge in [0, 0.05) is 10.0 Å². The van der Waals surface area contributed by atoms with Crippen molar-refractivity contribution in [1.82, 2.24) is 0 Å². The molecule has 0 aromatic heterocycles. The van der Waals surface area contributed by atoms with Crippen LogP contribution in [0.2, 0.25) is 0 Å². The third-order valence-electron chi connectivity index (χ3n) is 2.57. The Balaban J connectivity index is 2.53. The van der Waals surface area contributed by atoms with E-state index < -0.39 is 0 Å². The van der Waals surface area contributed by atoms with Crippen LogP contribution in [0.3, 0.4) is 0 Å². The average molecular weight is 288 g/mol. The molecule has 2 rings (SSSR count). The molecule has 0 aliphatic rings. The lowest BCUT2D eigenvalue weighted by molar-refractivity contribution is 0.282. The van der Waals surface area contributed by atoms with E-state index in [-0.39, 0.29) is 6.61 Å². The van der Waals surface area contributed by atoms with Gasteiger partial charge in [0.25, 0.3) is 0 Å². The van der Waals surface area contributed by atoms with Crippen LogP contribution < -0.4 is 0 Å². The summed E-state index contributed by atoms with van der Waals surface area (Å²) in [6.45, 7) is 0.0316. The minimum Gasteiger partial charge on any atom is -0.392 e. The second-order valence-corrected chi connectivity index (χ2v) is 4.48. The lowest BCUT2D eigenvalue weighted by atomic mass is 9.99. The Kier molecular flexibility index (Phi) is 3.58. The van der Waals surface area contributed by atoms with E-state index in [9.17, 15) is 0 Å². The number of nitriles is 1. The first kappa shape index (κ1) is 11.8. The second-order valence-electron chi connectivity index (χ2n) is 3.63. The maximum absolute atomic E-state index is 9.14. The third-order valence-corrected chi connectivity index (χ3v) is 3.23. The first-order chi connectivity index (χ1) is 8.26. The average Bonchev–Trinajstić information content (AvgIpc) is 2.38. The minimum absolute atomic E-state index is 0.0316. The SMILES string of the molecule is N#Cc1c(Br)cccc1-c1ccc(CO)cc1. The van der Waals surface area contributed by atoms with Gasteiger partial charge in [-0.2, -0.15) is 5.26 Å². The van der Waals surface area contributed by atoms with Crippen LogP contribution in [0, 0.1) is 11.3 Å². The van der Waals surface area contributed by atoms with Gasteiger partial charge in [-0.25, -0.2) is 0 Å². The van der Waals surface area contributed by atoms with Crippen molar-refractivity contribution in [1.29, 1.82) is 5.26 Å². The molecule has 0 spiro atoms. The third kappa shape index (κ3) is 2.38. The number of rotatable bonds is 2. The van der Waals surface area contributed by atoms with Crippen LogP contribution in [0.25, 0.3) is 11.1 Å². The van der Waals surface area contributed by atoms with Gasteiger partial charge in [0.1, 0.15) is 6.07 Å². The summed E-state index contributed by atoms with van der Waals surface area (Å²) in [7, 11) is 0. The molecule has 84 valence electrons. The summed E-state index contributed by atoms with van der Waals surface area (Å²) < 4.78 is 0.795. The summed E-state index contributed by atoms with van der Waals surface area (Å²) in [5.74, 6) is 0. The van der Waals surface area contributed by atoms with Gasteiger partial charge < -0.3 is 5.11 Å². The van der Waals surface area contributed by atoms with Crippen LogP contribution in [-0.4, -0.2) is 5.11 Å². The minimum atomic E-state index is 0.0316. The fourth-order valence-corrected chi connectivity index (χ4v) is 2.12. The molecule has 17 heavy (non-hydrogen) atoms. The first-order valence-electron chi connectivity index (χ1n) is 5.15. The van der Waals surface area contributed by atoms with Crippen LogP contribution in [0.15, 0.2) is 46.9 Å². The normalized spacial score (nSPS) is 9.94. The summed E-state index contributed by atoms with van der Waals surface area (Å²) in [5.41, 5.74) is 3.36. The number of aliphatic hydroxyl groups is 1. The highest BCUT2D eigenvalue weighted by Crippen LogP contribution is 2.28. The molecule has 0 aliphatic heterocycles. The maximum atomic E-state index is 9.14. The summed E-state index contributed by atoms with van der Waals surface area (Å²) in [6.07, 6.45) is 0. The van der Waals surface area contributed by atoms with Crippen molar-refractivity contribution in [2.45, 2.75) is 6.61 Å². The molecule has 0 saturated carbocycles. The monoisotopic (exact) mass is 287 g/mol. The molecule has 2 aromatic rings. The molecule has 0 fully saturated rings. The number of benzene rings is 2. The van der Waals surface area contributed by atoms with Crippen LogP contribution in [0.5, 0.6) is 0 Å². The largest absolute Gasteiger partial charge is 0.392 e. The van der Waals surface area contributed by atoms with E-state index in [1.54, 1.807) is 0 Å². The van der Waals surface area contributed by atoms with Gasteiger partial charge in [-0.1, -0.05) is 36.4 Å². The second kappa shape index (κ2) is 5.13.